The number of amides is 1. The number of nitrogens with zero attached hydrogens (tertiary/aromatic N) is 1. The Labute approximate surface area is 190 Å². The van der Waals surface area contributed by atoms with Crippen LogP contribution in [-0.4, -0.2) is 50.6 Å². The van der Waals surface area contributed by atoms with Crippen molar-refractivity contribution in [3.63, 3.8) is 0 Å². The second kappa shape index (κ2) is 10.2. The third-order valence-electron chi connectivity index (χ3n) is 5.77. The molecule has 1 aliphatic rings. The van der Waals surface area contributed by atoms with E-state index in [1.807, 2.05) is 37.3 Å². The lowest BCUT2D eigenvalue weighted by Crippen LogP contribution is -2.62. The smallest absolute Gasteiger partial charge is 0.308 e. The summed E-state index contributed by atoms with van der Waals surface area (Å²) < 4.78 is 5.75. The zero-order valence-corrected chi connectivity index (χ0v) is 18.0. The molecule has 1 aliphatic carbocycles. The van der Waals surface area contributed by atoms with Gasteiger partial charge in [-0.1, -0.05) is 37.3 Å². The summed E-state index contributed by atoms with van der Waals surface area (Å²) in [5.74, 6) is -10.2. The highest BCUT2D eigenvalue weighted by Gasteiger charge is 2.64. The van der Waals surface area contributed by atoms with Gasteiger partial charge < -0.3 is 25.0 Å². The van der Waals surface area contributed by atoms with E-state index in [4.69, 9.17) is 4.74 Å². The molecule has 0 saturated heterocycles. The van der Waals surface area contributed by atoms with Gasteiger partial charge in [-0.2, -0.15) is 0 Å². The molecular formula is C24H25NO8. The van der Waals surface area contributed by atoms with Gasteiger partial charge in [-0.25, -0.2) is 0 Å². The minimum absolute atomic E-state index is 0.130. The van der Waals surface area contributed by atoms with Gasteiger partial charge >= 0.3 is 17.9 Å². The van der Waals surface area contributed by atoms with Gasteiger partial charge in [0.1, 0.15) is 11.5 Å². The Balaban J connectivity index is 1.77. The van der Waals surface area contributed by atoms with Crippen molar-refractivity contribution in [2.45, 2.75) is 19.9 Å². The second-order valence-electron chi connectivity index (χ2n) is 7.94. The molecule has 0 spiro atoms. The SMILES string of the molecule is CCCN(Cc1ccc(Oc2ccccc2)cc1)C(=O)[C@H]1[C@H](C(=O)O)[C@H](C(=O)O)[C@H]1C(=O)O. The van der Waals surface area contributed by atoms with Crippen LogP contribution in [0.1, 0.15) is 18.9 Å². The number of aliphatic carboxylic acids is 3. The molecule has 174 valence electrons. The largest absolute Gasteiger partial charge is 0.481 e. The van der Waals surface area contributed by atoms with Gasteiger partial charge in [-0.3, -0.25) is 19.2 Å². The van der Waals surface area contributed by atoms with Crippen LogP contribution < -0.4 is 4.74 Å². The molecule has 1 fully saturated rings. The molecule has 1 saturated carbocycles. The van der Waals surface area contributed by atoms with Crippen molar-refractivity contribution in [3.8, 4) is 11.5 Å². The third kappa shape index (κ3) is 5.14. The number of carboxylic acid groups (broad SMARTS) is 3. The normalized spacial score (nSPS) is 21.5. The second-order valence-corrected chi connectivity index (χ2v) is 7.94. The predicted molar refractivity (Wildman–Crippen MR) is 116 cm³/mol. The van der Waals surface area contributed by atoms with Crippen LogP contribution in [0.2, 0.25) is 0 Å². The molecule has 0 bridgehead atoms. The molecule has 3 N–H and O–H groups in total. The molecule has 0 heterocycles. The van der Waals surface area contributed by atoms with Crippen LogP contribution in [0.5, 0.6) is 11.5 Å². The summed E-state index contributed by atoms with van der Waals surface area (Å²) in [6.45, 7) is 2.24. The Bertz CT molecular complexity index is 999. The number of ether oxygens (including phenoxy) is 1. The maximum atomic E-state index is 13.2. The van der Waals surface area contributed by atoms with Crippen LogP contribution in [0.4, 0.5) is 0 Å². The van der Waals surface area contributed by atoms with Gasteiger partial charge in [-0.05, 0) is 36.2 Å². The molecule has 3 rings (SSSR count). The van der Waals surface area contributed by atoms with E-state index in [0.717, 1.165) is 5.56 Å². The fraction of sp³-hybridized carbons (Fsp3) is 0.333. The summed E-state index contributed by atoms with van der Waals surface area (Å²) in [7, 11) is 0. The summed E-state index contributed by atoms with van der Waals surface area (Å²) in [5, 5.41) is 28.3. The van der Waals surface area contributed by atoms with Crippen LogP contribution in [0.15, 0.2) is 54.6 Å². The lowest BCUT2D eigenvalue weighted by Gasteiger charge is -2.45. The maximum Gasteiger partial charge on any atom is 0.308 e. The van der Waals surface area contributed by atoms with Crippen molar-refractivity contribution in [2.75, 3.05) is 6.54 Å². The lowest BCUT2D eigenvalue weighted by molar-refractivity contribution is -0.189. The summed E-state index contributed by atoms with van der Waals surface area (Å²) >= 11 is 0. The topological polar surface area (TPSA) is 141 Å². The van der Waals surface area contributed by atoms with Gasteiger partial charge in [0.25, 0.3) is 0 Å². The molecule has 0 unspecified atom stereocenters. The monoisotopic (exact) mass is 455 g/mol. The summed E-state index contributed by atoms with van der Waals surface area (Å²) in [4.78, 5) is 49.4. The van der Waals surface area contributed by atoms with Gasteiger partial charge in [0.2, 0.25) is 5.91 Å². The molecule has 33 heavy (non-hydrogen) atoms. The van der Waals surface area contributed by atoms with E-state index in [9.17, 15) is 34.5 Å². The first-order chi connectivity index (χ1) is 15.7. The molecule has 2 atom stereocenters. The minimum Gasteiger partial charge on any atom is -0.481 e. The van der Waals surface area contributed by atoms with Crippen molar-refractivity contribution in [2.24, 2.45) is 23.7 Å². The molecular weight excluding hydrogens is 430 g/mol. The highest BCUT2D eigenvalue weighted by Crippen LogP contribution is 2.48. The van der Waals surface area contributed by atoms with E-state index < -0.39 is 47.5 Å². The highest BCUT2D eigenvalue weighted by atomic mass is 16.5. The number of carboxylic acids is 3. The Morgan fingerprint density at radius 3 is 1.73 bits per heavy atom. The van der Waals surface area contributed by atoms with E-state index >= 15 is 0 Å². The molecule has 9 heteroatoms. The number of carbonyl (C=O) groups is 4. The van der Waals surface area contributed by atoms with E-state index in [-0.39, 0.29) is 13.1 Å². The van der Waals surface area contributed by atoms with Crippen LogP contribution >= 0.6 is 0 Å². The molecule has 2 aromatic carbocycles. The van der Waals surface area contributed by atoms with E-state index in [0.29, 0.717) is 17.9 Å². The van der Waals surface area contributed by atoms with Crippen molar-refractivity contribution in [1.29, 1.82) is 0 Å². The van der Waals surface area contributed by atoms with Crippen LogP contribution in [0, 0.1) is 23.7 Å². The van der Waals surface area contributed by atoms with Crippen LogP contribution in [0.3, 0.4) is 0 Å². The Hall–Kier alpha value is -3.88. The van der Waals surface area contributed by atoms with E-state index in [2.05, 4.69) is 0 Å². The summed E-state index contributed by atoms with van der Waals surface area (Å²) in [6, 6.07) is 16.2. The lowest BCUT2D eigenvalue weighted by atomic mass is 9.56. The average Bonchev–Trinajstić information content (AvgIpc) is 2.74. The summed E-state index contributed by atoms with van der Waals surface area (Å²) in [5.41, 5.74) is 0.741. The standard InChI is InChI=1S/C24H25NO8/c1-2-12-25(13-14-8-10-16(11-9-14)33-15-6-4-3-5-7-15)21(26)17-18(22(27)28)20(24(31)32)19(17)23(29)30/h3-11,17-20H,2,12-13H2,1H3,(H,27,28)(H,29,30)(H,31,32)/t17-,18-,19-,20-/m0/s1. The molecule has 0 aliphatic heterocycles. The van der Waals surface area contributed by atoms with Crippen molar-refractivity contribution < 1.29 is 39.2 Å². The molecule has 2 aromatic rings. The number of para-hydroxylation sites is 1. The minimum atomic E-state index is -1.65. The number of hydrogen-bond acceptors (Lipinski definition) is 5. The van der Waals surface area contributed by atoms with Gasteiger partial charge in [0.15, 0.2) is 0 Å². The van der Waals surface area contributed by atoms with E-state index in [1.165, 1.54) is 4.90 Å². The number of carbonyl (C=O) groups excluding carboxylic acids is 1. The van der Waals surface area contributed by atoms with Crippen LogP contribution in [-0.2, 0) is 25.7 Å². The zero-order valence-electron chi connectivity index (χ0n) is 18.0. The Kier molecular flexibility index (Phi) is 7.32. The first-order valence-electron chi connectivity index (χ1n) is 10.5. The number of benzene rings is 2. The highest BCUT2D eigenvalue weighted by molar-refractivity contribution is 5.98. The average molecular weight is 455 g/mol. The Morgan fingerprint density at radius 2 is 1.24 bits per heavy atom. The van der Waals surface area contributed by atoms with Crippen molar-refractivity contribution >= 4 is 23.8 Å². The van der Waals surface area contributed by atoms with Crippen LogP contribution in [0.25, 0.3) is 0 Å². The molecule has 9 nitrogen and oxygen atoms in total. The molecule has 0 radical (unpaired) electrons. The molecule has 0 aromatic heterocycles. The predicted octanol–water partition coefficient (Wildman–Crippen LogP) is 2.95. The zero-order chi connectivity index (χ0) is 24.1. The van der Waals surface area contributed by atoms with Gasteiger partial charge in [0, 0.05) is 13.1 Å². The fourth-order valence-electron chi connectivity index (χ4n) is 4.23. The maximum absolute atomic E-state index is 13.2. The quantitative estimate of drug-likeness (QED) is 0.496. The number of hydrogen-bond donors (Lipinski definition) is 3. The number of rotatable bonds is 10. The van der Waals surface area contributed by atoms with Crippen molar-refractivity contribution in [3.05, 3.63) is 60.2 Å². The first-order valence-corrected chi connectivity index (χ1v) is 10.5. The van der Waals surface area contributed by atoms with Crippen molar-refractivity contribution in [1.82, 2.24) is 4.90 Å². The van der Waals surface area contributed by atoms with Gasteiger partial charge in [-0.15, -0.1) is 0 Å². The molecule has 1 amide bonds. The van der Waals surface area contributed by atoms with Gasteiger partial charge in [0.05, 0.1) is 23.7 Å². The fourth-order valence-corrected chi connectivity index (χ4v) is 4.23. The Morgan fingerprint density at radius 1 is 0.758 bits per heavy atom. The third-order valence-corrected chi connectivity index (χ3v) is 5.77. The van der Waals surface area contributed by atoms with E-state index in [1.54, 1.807) is 24.3 Å². The summed E-state index contributed by atoms with van der Waals surface area (Å²) in [6.07, 6.45) is 0.561. The first kappa shape index (κ1) is 23.8.